The Balaban J connectivity index is 1.29. The first-order chi connectivity index (χ1) is 17.9. The number of piperazine rings is 1. The van der Waals surface area contributed by atoms with Gasteiger partial charge in [-0.15, -0.1) is 11.8 Å². The molecule has 0 saturated carbocycles. The standard InChI is InChI=1S/C26H38N6O4S/c1-3-4-10-32-24-23(25(35)28(2)26(32)36)31(19-27-24)17-20(33)15-29-11-13-30(14-12-29)16-21(34)18-37-22-8-6-5-7-9-22/h5-9,19-21,33-34H,3-4,10-18H2,1-2H3. The maximum absolute atomic E-state index is 12.8. The number of aliphatic hydroxyl groups excluding tert-OH is 2. The molecule has 1 aliphatic heterocycles. The zero-order chi connectivity index (χ0) is 26.4. The smallest absolute Gasteiger partial charge is 0.332 e. The minimum atomic E-state index is -0.683. The van der Waals surface area contributed by atoms with Crippen molar-refractivity contribution in [3.8, 4) is 0 Å². The predicted octanol–water partition coefficient (Wildman–Crippen LogP) is 0.829. The van der Waals surface area contributed by atoms with Crippen molar-refractivity contribution in [2.45, 2.75) is 50.0 Å². The number of aromatic nitrogens is 4. The van der Waals surface area contributed by atoms with Crippen molar-refractivity contribution in [1.29, 1.82) is 0 Å². The van der Waals surface area contributed by atoms with Crippen LogP contribution in [-0.2, 0) is 20.1 Å². The SMILES string of the molecule is CCCCn1c(=O)n(C)c(=O)c2c1ncn2CC(O)CN1CCN(CC(O)CSc2ccccc2)CC1. The Labute approximate surface area is 221 Å². The lowest BCUT2D eigenvalue weighted by molar-refractivity contribution is 0.0489. The summed E-state index contributed by atoms with van der Waals surface area (Å²) in [5.41, 5.74) is -0.0239. The normalized spacial score (nSPS) is 16.9. The molecule has 0 spiro atoms. The van der Waals surface area contributed by atoms with E-state index in [2.05, 4.69) is 26.9 Å². The van der Waals surface area contributed by atoms with Crippen LogP contribution in [0.2, 0.25) is 0 Å². The number of fused-ring (bicyclic) bond motifs is 1. The van der Waals surface area contributed by atoms with Crippen LogP contribution >= 0.6 is 11.8 Å². The number of aliphatic hydroxyl groups is 2. The summed E-state index contributed by atoms with van der Waals surface area (Å²) in [5.74, 6) is 0.660. The second-order valence-corrected chi connectivity index (χ2v) is 10.8. The predicted molar refractivity (Wildman–Crippen MR) is 146 cm³/mol. The molecule has 0 radical (unpaired) electrons. The number of hydrogen-bond acceptors (Lipinski definition) is 8. The molecular formula is C26H38N6O4S. The minimum Gasteiger partial charge on any atom is -0.391 e. The van der Waals surface area contributed by atoms with E-state index in [0.29, 0.717) is 36.6 Å². The van der Waals surface area contributed by atoms with Gasteiger partial charge in [0.25, 0.3) is 5.56 Å². The zero-order valence-electron chi connectivity index (χ0n) is 21.7. The Morgan fingerprint density at radius 2 is 1.62 bits per heavy atom. The molecule has 2 unspecified atom stereocenters. The Morgan fingerprint density at radius 3 is 2.27 bits per heavy atom. The molecule has 4 rings (SSSR count). The molecule has 1 saturated heterocycles. The van der Waals surface area contributed by atoms with Gasteiger partial charge in [0.15, 0.2) is 11.2 Å². The van der Waals surface area contributed by atoms with Crippen LogP contribution in [0, 0.1) is 0 Å². The molecule has 0 aliphatic carbocycles. The van der Waals surface area contributed by atoms with Gasteiger partial charge in [-0.2, -0.15) is 0 Å². The van der Waals surface area contributed by atoms with Crippen molar-refractivity contribution in [1.82, 2.24) is 28.5 Å². The molecule has 3 aromatic rings. The second-order valence-electron chi connectivity index (χ2n) is 9.75. The lowest BCUT2D eigenvalue weighted by atomic mass is 10.2. The summed E-state index contributed by atoms with van der Waals surface area (Å²) in [6.45, 7) is 7.17. The number of unbranched alkanes of at least 4 members (excludes halogenated alkanes) is 1. The van der Waals surface area contributed by atoms with Crippen LogP contribution in [-0.4, -0.2) is 95.9 Å². The number of β-amino-alcohol motifs (C(OH)–C–C–N with tert-alkyl or cyclic N) is 2. The third kappa shape index (κ3) is 6.91. The molecule has 3 heterocycles. The molecule has 2 aromatic heterocycles. The maximum Gasteiger partial charge on any atom is 0.332 e. The van der Waals surface area contributed by atoms with Crippen LogP contribution in [0.15, 0.2) is 51.1 Å². The molecular weight excluding hydrogens is 492 g/mol. The van der Waals surface area contributed by atoms with E-state index < -0.39 is 17.8 Å². The number of imidazole rings is 1. The summed E-state index contributed by atoms with van der Waals surface area (Å²) in [5, 5.41) is 21.3. The quantitative estimate of drug-likeness (QED) is 0.332. The van der Waals surface area contributed by atoms with Crippen LogP contribution in [0.4, 0.5) is 0 Å². The van der Waals surface area contributed by atoms with E-state index in [-0.39, 0.29) is 12.2 Å². The summed E-state index contributed by atoms with van der Waals surface area (Å²) >= 11 is 1.67. The second kappa shape index (κ2) is 12.9. The summed E-state index contributed by atoms with van der Waals surface area (Å²) in [6, 6.07) is 10.1. The van der Waals surface area contributed by atoms with Crippen molar-refractivity contribution in [3.63, 3.8) is 0 Å². The molecule has 37 heavy (non-hydrogen) atoms. The average Bonchev–Trinajstić information content (AvgIpc) is 3.31. The van der Waals surface area contributed by atoms with Crippen molar-refractivity contribution >= 4 is 22.9 Å². The third-order valence-corrected chi connectivity index (χ3v) is 7.99. The van der Waals surface area contributed by atoms with Gasteiger partial charge in [-0.3, -0.25) is 23.7 Å². The van der Waals surface area contributed by atoms with E-state index in [1.807, 2.05) is 25.1 Å². The molecule has 10 nitrogen and oxygen atoms in total. The Morgan fingerprint density at radius 1 is 0.973 bits per heavy atom. The molecule has 0 amide bonds. The van der Waals surface area contributed by atoms with E-state index in [9.17, 15) is 19.8 Å². The number of aryl methyl sites for hydroxylation is 1. The lowest BCUT2D eigenvalue weighted by Crippen LogP contribution is -2.50. The van der Waals surface area contributed by atoms with Gasteiger partial charge in [-0.25, -0.2) is 9.78 Å². The number of rotatable bonds is 12. The van der Waals surface area contributed by atoms with Crippen molar-refractivity contribution in [2.75, 3.05) is 45.0 Å². The summed E-state index contributed by atoms with van der Waals surface area (Å²) in [4.78, 5) is 35.4. The van der Waals surface area contributed by atoms with E-state index in [1.165, 1.54) is 7.05 Å². The molecule has 1 aromatic carbocycles. The van der Waals surface area contributed by atoms with Gasteiger partial charge in [0, 0.05) is 63.5 Å². The van der Waals surface area contributed by atoms with Gasteiger partial charge in [-0.05, 0) is 18.6 Å². The first-order valence-corrected chi connectivity index (χ1v) is 14.0. The van der Waals surface area contributed by atoms with Crippen LogP contribution in [0.3, 0.4) is 0 Å². The topological polar surface area (TPSA) is 109 Å². The fourth-order valence-corrected chi connectivity index (χ4v) is 5.60. The van der Waals surface area contributed by atoms with Crippen molar-refractivity contribution < 1.29 is 10.2 Å². The monoisotopic (exact) mass is 530 g/mol. The van der Waals surface area contributed by atoms with Gasteiger partial charge in [0.2, 0.25) is 0 Å². The van der Waals surface area contributed by atoms with Crippen LogP contribution in [0.25, 0.3) is 11.2 Å². The van der Waals surface area contributed by atoms with Crippen molar-refractivity contribution in [3.05, 3.63) is 57.5 Å². The first kappa shape index (κ1) is 27.6. The highest BCUT2D eigenvalue weighted by Gasteiger charge is 2.23. The third-order valence-electron chi connectivity index (χ3n) is 6.83. The fourth-order valence-electron chi connectivity index (χ4n) is 4.76. The number of benzene rings is 1. The Kier molecular flexibility index (Phi) is 9.60. The van der Waals surface area contributed by atoms with Gasteiger partial charge in [-0.1, -0.05) is 31.5 Å². The fraction of sp³-hybridized carbons (Fsp3) is 0.577. The maximum atomic E-state index is 12.8. The van der Waals surface area contributed by atoms with Crippen LogP contribution < -0.4 is 11.2 Å². The molecule has 2 N–H and O–H groups in total. The van der Waals surface area contributed by atoms with Crippen LogP contribution in [0.5, 0.6) is 0 Å². The van der Waals surface area contributed by atoms with E-state index >= 15 is 0 Å². The molecule has 11 heteroatoms. The summed E-state index contributed by atoms with van der Waals surface area (Å²) < 4.78 is 4.34. The number of nitrogens with zero attached hydrogens (tertiary/aromatic N) is 6. The summed E-state index contributed by atoms with van der Waals surface area (Å²) in [6.07, 6.45) is 2.21. The minimum absolute atomic E-state index is 0.230. The van der Waals surface area contributed by atoms with Gasteiger partial charge in [0.05, 0.1) is 25.1 Å². The van der Waals surface area contributed by atoms with E-state index in [0.717, 1.165) is 48.5 Å². The van der Waals surface area contributed by atoms with E-state index in [1.54, 1.807) is 27.2 Å². The lowest BCUT2D eigenvalue weighted by Gasteiger charge is -2.36. The van der Waals surface area contributed by atoms with Gasteiger partial charge in [0.1, 0.15) is 0 Å². The molecule has 1 fully saturated rings. The average molecular weight is 531 g/mol. The van der Waals surface area contributed by atoms with Crippen LogP contribution in [0.1, 0.15) is 19.8 Å². The Bertz CT molecular complexity index is 1270. The number of thioether (sulfide) groups is 1. The van der Waals surface area contributed by atoms with Gasteiger partial charge >= 0.3 is 5.69 Å². The zero-order valence-corrected chi connectivity index (χ0v) is 22.5. The molecule has 202 valence electrons. The molecule has 0 bridgehead atoms. The highest BCUT2D eigenvalue weighted by Crippen LogP contribution is 2.18. The first-order valence-electron chi connectivity index (χ1n) is 13.0. The van der Waals surface area contributed by atoms with Crippen molar-refractivity contribution in [2.24, 2.45) is 7.05 Å². The molecule has 2 atom stereocenters. The number of hydrogen-bond donors (Lipinski definition) is 2. The highest BCUT2D eigenvalue weighted by molar-refractivity contribution is 7.99. The van der Waals surface area contributed by atoms with Gasteiger partial charge < -0.3 is 14.8 Å². The van der Waals surface area contributed by atoms with E-state index in [4.69, 9.17) is 0 Å². The summed E-state index contributed by atoms with van der Waals surface area (Å²) in [7, 11) is 1.48. The highest BCUT2D eigenvalue weighted by atomic mass is 32.2. The largest absolute Gasteiger partial charge is 0.391 e. The Hall–Kier alpha value is -2.44. The molecule has 1 aliphatic rings.